The van der Waals surface area contributed by atoms with Crippen LogP contribution in [0.4, 0.5) is 0 Å². The average Bonchev–Trinajstić information content (AvgIpc) is 2.70. The van der Waals surface area contributed by atoms with Crippen molar-refractivity contribution in [3.63, 3.8) is 0 Å². The minimum atomic E-state index is -1.47. The highest BCUT2D eigenvalue weighted by molar-refractivity contribution is 6.39. The highest BCUT2D eigenvalue weighted by Crippen LogP contribution is 2.22. The molecule has 1 N–H and O–H groups in total. The number of fused-ring (bicyclic) bond motifs is 1. The van der Waals surface area contributed by atoms with Gasteiger partial charge in [0.2, 0.25) is 0 Å². The van der Waals surface area contributed by atoms with Crippen LogP contribution in [-0.4, -0.2) is 29.6 Å². The summed E-state index contributed by atoms with van der Waals surface area (Å²) in [6, 6.07) is 20.1. The van der Waals surface area contributed by atoms with E-state index in [-0.39, 0.29) is 11.7 Å². The first-order valence-electron chi connectivity index (χ1n) is 8.72. The van der Waals surface area contributed by atoms with Gasteiger partial charge in [-0.1, -0.05) is 37.3 Å². The molecule has 0 aliphatic carbocycles. The van der Waals surface area contributed by atoms with E-state index in [2.05, 4.69) is 6.07 Å². The van der Waals surface area contributed by atoms with E-state index in [4.69, 9.17) is 14.6 Å². The Labute approximate surface area is 157 Å². The monoisotopic (exact) mass is 364 g/mol. The van der Waals surface area contributed by atoms with Gasteiger partial charge in [0, 0.05) is 5.56 Å². The molecule has 3 rings (SSSR count). The van der Waals surface area contributed by atoms with Gasteiger partial charge in [-0.2, -0.15) is 0 Å². The van der Waals surface area contributed by atoms with E-state index < -0.39 is 11.8 Å². The smallest absolute Gasteiger partial charge is 0.377 e. The van der Waals surface area contributed by atoms with Crippen LogP contribution in [0, 0.1) is 0 Å². The zero-order valence-corrected chi connectivity index (χ0v) is 14.9. The summed E-state index contributed by atoms with van der Waals surface area (Å²) in [5.74, 6) is -1.07. The summed E-state index contributed by atoms with van der Waals surface area (Å²) in [6.45, 7) is 2.36. The Morgan fingerprint density at radius 1 is 0.926 bits per heavy atom. The molecule has 0 aromatic heterocycles. The normalized spacial score (nSPS) is 11.7. The zero-order valence-electron chi connectivity index (χ0n) is 14.9. The molecule has 0 aliphatic rings. The second-order valence-electron chi connectivity index (χ2n) is 6.13. The van der Waals surface area contributed by atoms with E-state index in [1.54, 1.807) is 12.1 Å². The number of Topliss-reactive ketones (excluding diaryl/α,β-unsaturated/α-hetero) is 1. The maximum absolute atomic E-state index is 11.4. The summed E-state index contributed by atoms with van der Waals surface area (Å²) in [4.78, 5) is 22.1. The number of carbonyl (C=O) groups excluding carboxylic acids is 1. The lowest BCUT2D eigenvalue weighted by Gasteiger charge is -2.18. The fourth-order valence-corrected chi connectivity index (χ4v) is 2.68. The molecule has 0 amide bonds. The highest BCUT2D eigenvalue weighted by atomic mass is 16.5. The summed E-state index contributed by atoms with van der Waals surface area (Å²) in [6.07, 6.45) is 0.633. The first-order chi connectivity index (χ1) is 13.1. The quantitative estimate of drug-likeness (QED) is 0.475. The molecule has 0 saturated heterocycles. The van der Waals surface area contributed by atoms with Crippen molar-refractivity contribution in [3.8, 4) is 11.5 Å². The molecular formula is C22H20O5. The lowest BCUT2D eigenvalue weighted by Crippen LogP contribution is -2.24. The molecule has 3 aromatic carbocycles. The number of benzene rings is 3. The van der Waals surface area contributed by atoms with Crippen LogP contribution < -0.4 is 9.47 Å². The SMILES string of the molecule is CCC(COc1ccc(C(=O)C(=O)O)cc1)Oc1ccc2ccccc2c1. The van der Waals surface area contributed by atoms with Gasteiger partial charge >= 0.3 is 5.97 Å². The molecule has 5 heteroatoms. The number of rotatable bonds is 8. The molecule has 27 heavy (non-hydrogen) atoms. The van der Waals surface area contributed by atoms with Gasteiger partial charge in [-0.05, 0) is 53.6 Å². The zero-order chi connectivity index (χ0) is 19.2. The van der Waals surface area contributed by atoms with E-state index in [9.17, 15) is 9.59 Å². The second-order valence-corrected chi connectivity index (χ2v) is 6.13. The van der Waals surface area contributed by atoms with E-state index in [1.807, 2.05) is 43.3 Å². The van der Waals surface area contributed by atoms with Gasteiger partial charge in [0.25, 0.3) is 5.78 Å². The molecule has 1 atom stereocenters. The molecule has 1 unspecified atom stereocenters. The molecular weight excluding hydrogens is 344 g/mol. The van der Waals surface area contributed by atoms with Crippen molar-refractivity contribution in [2.24, 2.45) is 0 Å². The number of hydrogen-bond donors (Lipinski definition) is 1. The topological polar surface area (TPSA) is 72.8 Å². The number of ether oxygens (including phenoxy) is 2. The van der Waals surface area contributed by atoms with Crippen molar-refractivity contribution in [1.82, 2.24) is 0 Å². The van der Waals surface area contributed by atoms with Crippen LogP contribution in [0.1, 0.15) is 23.7 Å². The lowest BCUT2D eigenvalue weighted by atomic mass is 10.1. The number of aliphatic carboxylic acids is 1. The largest absolute Gasteiger partial charge is 0.490 e. The van der Waals surface area contributed by atoms with Crippen LogP contribution in [0.15, 0.2) is 66.7 Å². The lowest BCUT2D eigenvalue weighted by molar-refractivity contribution is -0.131. The predicted molar refractivity (Wildman–Crippen MR) is 103 cm³/mol. The van der Waals surface area contributed by atoms with E-state index in [1.165, 1.54) is 12.1 Å². The van der Waals surface area contributed by atoms with Crippen LogP contribution >= 0.6 is 0 Å². The summed E-state index contributed by atoms with van der Waals surface area (Å²) in [5.41, 5.74) is 0.120. The number of ketones is 1. The van der Waals surface area contributed by atoms with Gasteiger partial charge < -0.3 is 14.6 Å². The van der Waals surface area contributed by atoms with Crippen LogP contribution in [0.5, 0.6) is 11.5 Å². The average molecular weight is 364 g/mol. The third-order valence-electron chi connectivity index (χ3n) is 4.23. The fourth-order valence-electron chi connectivity index (χ4n) is 2.68. The molecule has 0 bridgehead atoms. The van der Waals surface area contributed by atoms with Crippen molar-refractivity contribution >= 4 is 22.5 Å². The molecule has 138 valence electrons. The van der Waals surface area contributed by atoms with Crippen LogP contribution in [0.2, 0.25) is 0 Å². The van der Waals surface area contributed by atoms with E-state index in [0.717, 1.165) is 22.9 Å². The first kappa shape index (κ1) is 18.5. The minimum absolute atomic E-state index is 0.120. The van der Waals surface area contributed by atoms with Gasteiger partial charge in [-0.15, -0.1) is 0 Å². The fraction of sp³-hybridized carbons (Fsp3) is 0.182. The van der Waals surface area contributed by atoms with E-state index in [0.29, 0.717) is 12.4 Å². The first-order valence-corrected chi connectivity index (χ1v) is 8.72. The molecule has 0 heterocycles. The summed E-state index contributed by atoms with van der Waals surface area (Å²) >= 11 is 0. The summed E-state index contributed by atoms with van der Waals surface area (Å²) in [7, 11) is 0. The van der Waals surface area contributed by atoms with Gasteiger partial charge in [0.15, 0.2) is 0 Å². The Balaban J connectivity index is 1.61. The van der Waals surface area contributed by atoms with Crippen LogP contribution in [-0.2, 0) is 4.79 Å². The second kappa shape index (κ2) is 8.36. The summed E-state index contributed by atoms with van der Waals surface area (Å²) in [5, 5.41) is 11.0. The molecule has 0 aliphatic heterocycles. The van der Waals surface area contributed by atoms with Crippen molar-refractivity contribution in [1.29, 1.82) is 0 Å². The van der Waals surface area contributed by atoms with Crippen molar-refractivity contribution < 1.29 is 24.2 Å². The Bertz CT molecular complexity index is 946. The molecule has 0 saturated carbocycles. The predicted octanol–water partition coefficient (Wildman–Crippen LogP) is 4.34. The summed E-state index contributed by atoms with van der Waals surface area (Å²) < 4.78 is 11.8. The minimum Gasteiger partial charge on any atom is -0.490 e. The Morgan fingerprint density at radius 3 is 2.26 bits per heavy atom. The number of carboxylic acids is 1. The van der Waals surface area contributed by atoms with Crippen molar-refractivity contribution in [2.45, 2.75) is 19.4 Å². The highest BCUT2D eigenvalue weighted by Gasteiger charge is 2.14. The molecule has 0 spiro atoms. The maximum Gasteiger partial charge on any atom is 0.377 e. The van der Waals surface area contributed by atoms with Crippen molar-refractivity contribution in [3.05, 3.63) is 72.3 Å². The van der Waals surface area contributed by atoms with Crippen molar-refractivity contribution in [2.75, 3.05) is 6.61 Å². The van der Waals surface area contributed by atoms with Gasteiger partial charge in [0.1, 0.15) is 24.2 Å². The molecule has 0 radical (unpaired) electrons. The van der Waals surface area contributed by atoms with Gasteiger partial charge in [0.05, 0.1) is 0 Å². The standard InChI is InChI=1S/C22H20O5/c1-2-18(27-20-12-7-15-5-3-4-6-17(15)13-20)14-26-19-10-8-16(9-11-19)21(23)22(24)25/h3-13,18H,2,14H2,1H3,(H,24,25). The molecule has 3 aromatic rings. The van der Waals surface area contributed by atoms with Gasteiger partial charge in [-0.3, -0.25) is 4.79 Å². The number of hydrogen-bond acceptors (Lipinski definition) is 4. The maximum atomic E-state index is 11.4. The third-order valence-corrected chi connectivity index (χ3v) is 4.23. The Hall–Kier alpha value is -3.34. The Morgan fingerprint density at radius 2 is 1.59 bits per heavy atom. The van der Waals surface area contributed by atoms with Gasteiger partial charge in [-0.25, -0.2) is 4.79 Å². The molecule has 5 nitrogen and oxygen atoms in total. The molecule has 0 fully saturated rings. The van der Waals surface area contributed by atoms with Crippen LogP contribution in [0.25, 0.3) is 10.8 Å². The number of carboxylic acid groups (broad SMARTS) is 1. The number of carbonyl (C=O) groups is 2. The van der Waals surface area contributed by atoms with Crippen LogP contribution in [0.3, 0.4) is 0 Å². The third kappa shape index (κ3) is 4.64. The van der Waals surface area contributed by atoms with E-state index >= 15 is 0 Å². The Kier molecular flexibility index (Phi) is 5.71.